The molecule has 5 aromatic rings. The molecule has 0 spiro atoms. The first kappa shape index (κ1) is 25.8. The topological polar surface area (TPSA) is 103 Å². The van der Waals surface area contributed by atoms with E-state index in [9.17, 15) is 9.59 Å². The second-order valence-corrected chi connectivity index (χ2v) is 9.06. The minimum atomic E-state index is -0.624. The number of ether oxygens (including phenoxy) is 1. The van der Waals surface area contributed by atoms with Gasteiger partial charge in [0.05, 0.1) is 28.3 Å². The molecule has 0 saturated carbocycles. The molecule has 196 valence electrons. The van der Waals surface area contributed by atoms with E-state index in [2.05, 4.69) is 27.2 Å². The van der Waals surface area contributed by atoms with E-state index in [4.69, 9.17) is 9.72 Å². The summed E-state index contributed by atoms with van der Waals surface area (Å²) in [6.45, 7) is 7.88. The van der Waals surface area contributed by atoms with Gasteiger partial charge in [0.2, 0.25) is 0 Å². The predicted molar refractivity (Wildman–Crippen MR) is 149 cm³/mol. The van der Waals surface area contributed by atoms with E-state index >= 15 is 0 Å². The van der Waals surface area contributed by atoms with Crippen LogP contribution in [0.3, 0.4) is 0 Å². The summed E-state index contributed by atoms with van der Waals surface area (Å²) in [6, 6.07) is 15.8. The number of nitrogens with one attached hydrogen (secondary N) is 1. The van der Waals surface area contributed by atoms with Crippen molar-refractivity contribution in [2.75, 3.05) is 6.61 Å². The van der Waals surface area contributed by atoms with E-state index in [1.807, 2.05) is 50.2 Å². The molecule has 0 radical (unpaired) electrons. The van der Waals surface area contributed by atoms with Gasteiger partial charge < -0.3 is 10.1 Å². The van der Waals surface area contributed by atoms with Crippen molar-refractivity contribution in [2.24, 2.45) is 0 Å². The molecule has 0 fully saturated rings. The molecular weight excluding hydrogens is 492 g/mol. The first-order chi connectivity index (χ1) is 18.9. The zero-order chi connectivity index (χ0) is 27.5. The van der Waals surface area contributed by atoms with Crippen molar-refractivity contribution >= 4 is 22.5 Å². The summed E-state index contributed by atoms with van der Waals surface area (Å²) in [5.74, 6) is 6.19. The van der Waals surface area contributed by atoms with Crippen LogP contribution in [-0.4, -0.2) is 42.8 Å². The van der Waals surface area contributed by atoms with Crippen LogP contribution in [0.1, 0.15) is 54.3 Å². The molecule has 9 nitrogen and oxygen atoms in total. The Balaban J connectivity index is 1.63. The van der Waals surface area contributed by atoms with E-state index < -0.39 is 6.04 Å². The summed E-state index contributed by atoms with van der Waals surface area (Å²) in [7, 11) is 0. The molecule has 2 atom stereocenters. The second-order valence-electron chi connectivity index (χ2n) is 9.06. The summed E-state index contributed by atoms with van der Waals surface area (Å²) in [5, 5.41) is 7.79. The Morgan fingerprint density at radius 1 is 1.10 bits per heavy atom. The number of aromatic nitrogens is 5. The first-order valence-corrected chi connectivity index (χ1v) is 12.7. The molecular formula is C30H28N6O3. The van der Waals surface area contributed by atoms with Gasteiger partial charge in [-0.1, -0.05) is 36.1 Å². The van der Waals surface area contributed by atoms with Crippen molar-refractivity contribution < 1.29 is 9.53 Å². The molecule has 5 rings (SSSR count). The van der Waals surface area contributed by atoms with Gasteiger partial charge in [0.15, 0.2) is 5.65 Å². The highest BCUT2D eigenvalue weighted by Gasteiger charge is 2.24. The summed E-state index contributed by atoms with van der Waals surface area (Å²) in [5.41, 5.74) is 2.80. The molecule has 0 saturated heterocycles. The zero-order valence-electron chi connectivity index (χ0n) is 22.2. The van der Waals surface area contributed by atoms with E-state index in [0.29, 0.717) is 51.5 Å². The number of aryl methyl sites for hydroxylation is 1. The maximum absolute atomic E-state index is 14.1. The summed E-state index contributed by atoms with van der Waals surface area (Å²) in [6.07, 6.45) is 3.08. The van der Waals surface area contributed by atoms with Crippen LogP contribution in [0.15, 0.2) is 71.8 Å². The van der Waals surface area contributed by atoms with Crippen LogP contribution in [0.5, 0.6) is 0 Å². The van der Waals surface area contributed by atoms with E-state index in [1.54, 1.807) is 49.0 Å². The summed E-state index contributed by atoms with van der Waals surface area (Å²) in [4.78, 5) is 36.7. The molecule has 2 aromatic carbocycles. The highest BCUT2D eigenvalue weighted by Crippen LogP contribution is 2.21. The number of benzene rings is 2. The highest BCUT2D eigenvalue weighted by molar-refractivity contribution is 6.01. The second kappa shape index (κ2) is 10.9. The molecule has 1 N–H and O–H groups in total. The predicted octanol–water partition coefficient (Wildman–Crippen LogP) is 4.00. The standard InChI is InChI=1S/C30H28N6O3/c1-5-39-19(2)15-16-22-11-9-14-24-26(22)30(38)36(23-12-7-6-8-13-23)27(33-24)21(4)32-29(37)25-20(3)34-35-18-10-17-31-28(25)35/h6-14,17-19,21H,5H2,1-4H3,(H,32,37). The third kappa shape index (κ3) is 5.02. The maximum Gasteiger partial charge on any atom is 0.267 e. The molecule has 1 amide bonds. The number of rotatable bonds is 6. The average Bonchev–Trinajstić information content (AvgIpc) is 3.28. The third-order valence-electron chi connectivity index (χ3n) is 6.30. The van der Waals surface area contributed by atoms with Crippen LogP contribution in [0.25, 0.3) is 22.2 Å². The molecule has 2 unspecified atom stereocenters. The Hall–Kier alpha value is -4.81. The van der Waals surface area contributed by atoms with Gasteiger partial charge in [-0.15, -0.1) is 0 Å². The lowest BCUT2D eigenvalue weighted by molar-refractivity contribution is 0.0938. The normalized spacial score (nSPS) is 12.6. The lowest BCUT2D eigenvalue weighted by atomic mass is 10.1. The van der Waals surface area contributed by atoms with Gasteiger partial charge in [0.25, 0.3) is 11.5 Å². The van der Waals surface area contributed by atoms with Crippen LogP contribution < -0.4 is 10.9 Å². The fourth-order valence-corrected chi connectivity index (χ4v) is 4.54. The van der Waals surface area contributed by atoms with Crippen LogP contribution in [-0.2, 0) is 4.74 Å². The van der Waals surface area contributed by atoms with Crippen LogP contribution >= 0.6 is 0 Å². The lowest BCUT2D eigenvalue weighted by Crippen LogP contribution is -2.33. The minimum absolute atomic E-state index is 0.273. The van der Waals surface area contributed by atoms with Gasteiger partial charge in [-0.3, -0.25) is 14.2 Å². The van der Waals surface area contributed by atoms with E-state index in [0.717, 1.165) is 0 Å². The van der Waals surface area contributed by atoms with E-state index in [1.165, 1.54) is 4.57 Å². The van der Waals surface area contributed by atoms with Crippen molar-refractivity contribution in [3.63, 3.8) is 0 Å². The van der Waals surface area contributed by atoms with Crippen molar-refractivity contribution in [2.45, 2.75) is 39.8 Å². The SMILES string of the molecule is CCOC(C)C#Cc1cccc2nc(C(C)NC(=O)c3c(C)nn4cccnc34)n(-c3ccccc3)c(=O)c12. The number of hydrogen-bond donors (Lipinski definition) is 1. The number of fused-ring (bicyclic) bond motifs is 2. The first-order valence-electron chi connectivity index (χ1n) is 12.7. The van der Waals surface area contributed by atoms with Crippen LogP contribution in [0.4, 0.5) is 0 Å². The minimum Gasteiger partial charge on any atom is -0.366 e. The molecule has 3 heterocycles. The molecule has 0 bridgehead atoms. The number of hydrogen-bond acceptors (Lipinski definition) is 6. The Labute approximate surface area is 225 Å². The molecule has 9 heteroatoms. The molecule has 0 aliphatic heterocycles. The highest BCUT2D eigenvalue weighted by atomic mass is 16.5. The molecule has 3 aromatic heterocycles. The average molecular weight is 521 g/mol. The Morgan fingerprint density at radius 2 is 1.90 bits per heavy atom. The maximum atomic E-state index is 14.1. The third-order valence-corrected chi connectivity index (χ3v) is 6.30. The Bertz CT molecular complexity index is 1800. The molecule has 39 heavy (non-hydrogen) atoms. The van der Waals surface area contributed by atoms with Gasteiger partial charge in [0.1, 0.15) is 17.5 Å². The monoisotopic (exact) mass is 520 g/mol. The fourth-order valence-electron chi connectivity index (χ4n) is 4.54. The molecule has 0 aliphatic carbocycles. The Kier molecular flexibility index (Phi) is 7.21. The van der Waals surface area contributed by atoms with Crippen LogP contribution in [0.2, 0.25) is 0 Å². The van der Waals surface area contributed by atoms with Gasteiger partial charge in [0, 0.05) is 24.6 Å². The quantitative estimate of drug-likeness (QED) is 0.340. The largest absolute Gasteiger partial charge is 0.366 e. The van der Waals surface area contributed by atoms with Gasteiger partial charge in [-0.25, -0.2) is 14.5 Å². The van der Waals surface area contributed by atoms with E-state index in [-0.39, 0.29) is 17.6 Å². The lowest BCUT2D eigenvalue weighted by Gasteiger charge is -2.20. The van der Waals surface area contributed by atoms with Crippen molar-refractivity contribution in [1.29, 1.82) is 0 Å². The van der Waals surface area contributed by atoms with Crippen molar-refractivity contribution in [3.8, 4) is 17.5 Å². The van der Waals surface area contributed by atoms with Gasteiger partial charge >= 0.3 is 0 Å². The number of amides is 1. The van der Waals surface area contributed by atoms with Crippen molar-refractivity contribution in [1.82, 2.24) is 29.5 Å². The number of para-hydroxylation sites is 1. The zero-order valence-corrected chi connectivity index (χ0v) is 22.2. The van der Waals surface area contributed by atoms with Crippen molar-refractivity contribution in [3.05, 3.63) is 100.0 Å². The fraction of sp³-hybridized carbons (Fsp3) is 0.233. The number of carbonyl (C=O) groups is 1. The smallest absolute Gasteiger partial charge is 0.267 e. The van der Waals surface area contributed by atoms with Crippen LogP contribution in [0, 0.1) is 18.8 Å². The Morgan fingerprint density at radius 3 is 2.67 bits per heavy atom. The summed E-state index contributed by atoms with van der Waals surface area (Å²) < 4.78 is 8.63. The number of carbonyl (C=O) groups excluding carboxylic acids is 1. The summed E-state index contributed by atoms with van der Waals surface area (Å²) >= 11 is 0. The van der Waals surface area contributed by atoms with Gasteiger partial charge in [-0.05, 0) is 58.0 Å². The van der Waals surface area contributed by atoms with Gasteiger partial charge in [-0.2, -0.15) is 5.10 Å². The number of nitrogens with zero attached hydrogens (tertiary/aromatic N) is 5. The molecule has 0 aliphatic rings.